The number of rotatable bonds is 1. The molecule has 2 atom stereocenters. The van der Waals surface area contributed by atoms with Crippen molar-refractivity contribution < 1.29 is 14.3 Å². The summed E-state index contributed by atoms with van der Waals surface area (Å²) in [6.45, 7) is 4.27. The van der Waals surface area contributed by atoms with E-state index in [2.05, 4.69) is 23.1 Å². The number of nitrogens with zero attached hydrogens (tertiary/aromatic N) is 2. The van der Waals surface area contributed by atoms with Gasteiger partial charge in [0.1, 0.15) is 0 Å². The smallest absolute Gasteiger partial charge is 0.258 e. The fourth-order valence-corrected chi connectivity index (χ4v) is 3.76. The minimum atomic E-state index is -0.463. The maximum atomic E-state index is 13.0. The minimum Gasteiger partial charge on any atom is -0.376 e. The summed E-state index contributed by atoms with van der Waals surface area (Å²) in [4.78, 5) is 17.4. The fraction of sp³-hybridized carbons (Fsp3) is 0.588. The second kappa shape index (κ2) is 5.99. The number of anilines is 1. The number of ether oxygens (including phenoxy) is 2. The normalized spacial score (nSPS) is 28.8. The average Bonchev–Trinajstić information content (AvgIpc) is 2.94. The summed E-state index contributed by atoms with van der Waals surface area (Å²) in [6, 6.07) is 8.71. The van der Waals surface area contributed by atoms with Crippen molar-refractivity contribution in [3.8, 4) is 0 Å². The van der Waals surface area contributed by atoms with Gasteiger partial charge in [-0.15, -0.1) is 0 Å². The number of hydrogen-bond donors (Lipinski definition) is 0. The van der Waals surface area contributed by atoms with E-state index in [0.29, 0.717) is 25.9 Å². The van der Waals surface area contributed by atoms with Crippen molar-refractivity contribution in [1.29, 1.82) is 0 Å². The van der Waals surface area contributed by atoms with Crippen LogP contribution < -0.4 is 4.90 Å². The van der Waals surface area contributed by atoms with E-state index in [1.54, 1.807) is 0 Å². The SMILES string of the molecule is O=C([C@@H]1COCCO1)N1C[C@@H]2CCCN2Cc2ccccc21. The van der Waals surface area contributed by atoms with Gasteiger partial charge in [-0.25, -0.2) is 0 Å². The van der Waals surface area contributed by atoms with Crippen LogP contribution in [0.25, 0.3) is 0 Å². The van der Waals surface area contributed by atoms with Crippen LogP contribution in [0.1, 0.15) is 18.4 Å². The lowest BCUT2D eigenvalue weighted by Crippen LogP contribution is -2.48. The topological polar surface area (TPSA) is 42.0 Å². The van der Waals surface area contributed by atoms with E-state index in [-0.39, 0.29) is 5.91 Å². The van der Waals surface area contributed by atoms with E-state index < -0.39 is 6.10 Å². The van der Waals surface area contributed by atoms with E-state index in [4.69, 9.17) is 9.47 Å². The van der Waals surface area contributed by atoms with Gasteiger partial charge in [-0.2, -0.15) is 0 Å². The van der Waals surface area contributed by atoms with Gasteiger partial charge in [-0.3, -0.25) is 9.69 Å². The summed E-state index contributed by atoms with van der Waals surface area (Å²) in [5, 5.41) is 0. The number of carbonyl (C=O) groups excluding carboxylic acids is 1. The molecule has 5 nitrogen and oxygen atoms in total. The van der Waals surface area contributed by atoms with Gasteiger partial charge in [0.15, 0.2) is 6.10 Å². The van der Waals surface area contributed by atoms with Gasteiger partial charge < -0.3 is 14.4 Å². The molecule has 0 saturated carbocycles. The van der Waals surface area contributed by atoms with Crippen molar-refractivity contribution in [3.05, 3.63) is 29.8 Å². The highest BCUT2D eigenvalue weighted by Crippen LogP contribution is 2.32. The molecule has 3 heterocycles. The molecule has 22 heavy (non-hydrogen) atoms. The zero-order valence-electron chi connectivity index (χ0n) is 12.7. The van der Waals surface area contributed by atoms with Gasteiger partial charge in [0.2, 0.25) is 0 Å². The Morgan fingerprint density at radius 2 is 2.14 bits per heavy atom. The predicted octanol–water partition coefficient (Wildman–Crippen LogP) is 1.41. The second-order valence-corrected chi connectivity index (χ2v) is 6.28. The zero-order valence-corrected chi connectivity index (χ0v) is 12.7. The van der Waals surface area contributed by atoms with E-state index in [1.807, 2.05) is 11.0 Å². The van der Waals surface area contributed by atoms with Crippen molar-refractivity contribution in [3.63, 3.8) is 0 Å². The molecule has 118 valence electrons. The van der Waals surface area contributed by atoms with Crippen LogP contribution in [0.4, 0.5) is 5.69 Å². The first-order valence-corrected chi connectivity index (χ1v) is 8.15. The third-order valence-electron chi connectivity index (χ3n) is 4.91. The van der Waals surface area contributed by atoms with Crippen LogP contribution in [0.15, 0.2) is 24.3 Å². The van der Waals surface area contributed by atoms with Crippen LogP contribution in [-0.4, -0.2) is 55.9 Å². The molecular weight excluding hydrogens is 280 g/mol. The van der Waals surface area contributed by atoms with Crippen LogP contribution in [-0.2, 0) is 20.8 Å². The summed E-state index contributed by atoms with van der Waals surface area (Å²) in [5.41, 5.74) is 2.27. The summed E-state index contributed by atoms with van der Waals surface area (Å²) < 4.78 is 11.0. The molecule has 0 radical (unpaired) electrons. The molecule has 1 amide bonds. The van der Waals surface area contributed by atoms with E-state index >= 15 is 0 Å². The Balaban J connectivity index is 1.65. The van der Waals surface area contributed by atoms with Crippen LogP contribution in [0, 0.1) is 0 Å². The summed E-state index contributed by atoms with van der Waals surface area (Å²) in [5.74, 6) is 0.0425. The number of para-hydroxylation sites is 1. The molecular formula is C17H22N2O3. The van der Waals surface area contributed by atoms with Gasteiger partial charge in [0.25, 0.3) is 5.91 Å². The highest BCUT2D eigenvalue weighted by molar-refractivity contribution is 5.97. The van der Waals surface area contributed by atoms with E-state index in [1.165, 1.54) is 18.4 Å². The number of carbonyl (C=O) groups is 1. The molecule has 3 aliphatic rings. The Morgan fingerprint density at radius 1 is 1.23 bits per heavy atom. The van der Waals surface area contributed by atoms with Crippen LogP contribution in [0.2, 0.25) is 0 Å². The molecule has 1 aromatic carbocycles. The first-order chi connectivity index (χ1) is 10.8. The van der Waals surface area contributed by atoms with Gasteiger partial charge in [0, 0.05) is 24.8 Å². The third kappa shape index (κ3) is 2.53. The number of amides is 1. The van der Waals surface area contributed by atoms with E-state index in [9.17, 15) is 4.79 Å². The second-order valence-electron chi connectivity index (χ2n) is 6.28. The molecule has 0 unspecified atom stereocenters. The monoisotopic (exact) mass is 302 g/mol. The predicted molar refractivity (Wildman–Crippen MR) is 82.8 cm³/mol. The Hall–Kier alpha value is -1.43. The maximum absolute atomic E-state index is 13.0. The maximum Gasteiger partial charge on any atom is 0.258 e. The first-order valence-electron chi connectivity index (χ1n) is 8.15. The molecule has 0 spiro atoms. The van der Waals surface area contributed by atoms with Crippen LogP contribution >= 0.6 is 0 Å². The van der Waals surface area contributed by atoms with Crippen molar-refractivity contribution in [2.45, 2.75) is 31.5 Å². The molecule has 0 aliphatic carbocycles. The van der Waals surface area contributed by atoms with Crippen LogP contribution in [0.5, 0.6) is 0 Å². The lowest BCUT2D eigenvalue weighted by molar-refractivity contribution is -0.144. The van der Waals surface area contributed by atoms with Gasteiger partial charge in [0.05, 0.1) is 19.8 Å². The zero-order chi connectivity index (χ0) is 14.9. The molecule has 5 heteroatoms. The molecule has 3 aliphatic heterocycles. The highest BCUT2D eigenvalue weighted by atomic mass is 16.6. The van der Waals surface area contributed by atoms with Crippen molar-refractivity contribution in [2.75, 3.05) is 37.8 Å². The largest absolute Gasteiger partial charge is 0.376 e. The molecule has 0 N–H and O–H groups in total. The molecule has 0 aromatic heterocycles. The minimum absolute atomic E-state index is 0.0425. The van der Waals surface area contributed by atoms with Crippen LogP contribution in [0.3, 0.4) is 0 Å². The first kappa shape index (κ1) is 14.2. The van der Waals surface area contributed by atoms with Crippen molar-refractivity contribution in [2.24, 2.45) is 0 Å². The standard InChI is InChI=1S/C17H22N2O3/c20-17(16-12-21-8-9-22-16)19-11-14-5-3-7-18(14)10-13-4-1-2-6-15(13)19/h1-2,4,6,14,16H,3,5,7-12H2/t14-,16-/m0/s1. The van der Waals surface area contributed by atoms with E-state index in [0.717, 1.165) is 25.3 Å². The highest BCUT2D eigenvalue weighted by Gasteiger charge is 2.36. The van der Waals surface area contributed by atoms with Gasteiger partial charge in [-0.1, -0.05) is 18.2 Å². The fourth-order valence-electron chi connectivity index (χ4n) is 3.76. The molecule has 2 fully saturated rings. The molecule has 2 saturated heterocycles. The quantitative estimate of drug-likeness (QED) is 0.787. The third-order valence-corrected chi connectivity index (χ3v) is 4.91. The van der Waals surface area contributed by atoms with Gasteiger partial charge in [-0.05, 0) is 31.0 Å². The average molecular weight is 302 g/mol. The molecule has 0 bridgehead atoms. The summed E-state index contributed by atoms with van der Waals surface area (Å²) in [6.07, 6.45) is 1.92. The van der Waals surface area contributed by atoms with Crippen molar-refractivity contribution >= 4 is 11.6 Å². The summed E-state index contributed by atoms with van der Waals surface area (Å²) in [7, 11) is 0. The Labute approximate surface area is 130 Å². The molecule has 1 aromatic rings. The number of benzene rings is 1. The Bertz CT molecular complexity index is 557. The Morgan fingerprint density at radius 3 is 3.00 bits per heavy atom. The number of hydrogen-bond acceptors (Lipinski definition) is 4. The summed E-state index contributed by atoms with van der Waals surface area (Å²) >= 11 is 0. The Kier molecular flexibility index (Phi) is 3.86. The van der Waals surface area contributed by atoms with Gasteiger partial charge >= 0.3 is 0 Å². The lowest BCUT2D eigenvalue weighted by Gasteiger charge is -2.31. The lowest BCUT2D eigenvalue weighted by atomic mass is 10.1. The number of fused-ring (bicyclic) bond motifs is 2. The molecule has 4 rings (SSSR count). The van der Waals surface area contributed by atoms with Crippen molar-refractivity contribution in [1.82, 2.24) is 4.90 Å².